The largest absolute Gasteiger partial charge is 0.340 e. The number of nitrogens with one attached hydrogen (secondary N) is 1. The number of benzene rings is 1. The van der Waals surface area contributed by atoms with Gasteiger partial charge >= 0.3 is 0 Å². The van der Waals surface area contributed by atoms with Crippen LogP contribution in [0.25, 0.3) is 0 Å². The molecule has 0 aliphatic carbocycles. The zero-order valence-corrected chi connectivity index (χ0v) is 19.4. The Kier molecular flexibility index (Phi) is 7.35. The van der Waals surface area contributed by atoms with Crippen LogP contribution in [0.3, 0.4) is 0 Å². The highest BCUT2D eigenvalue weighted by Crippen LogP contribution is 2.28. The highest BCUT2D eigenvalue weighted by atomic mass is 35.5. The fraction of sp³-hybridized carbons (Fsp3) is 0.400. The van der Waals surface area contributed by atoms with Crippen molar-refractivity contribution < 1.29 is 22.4 Å². The summed E-state index contributed by atoms with van der Waals surface area (Å²) in [5, 5.41) is 2.72. The van der Waals surface area contributed by atoms with Crippen LogP contribution in [0.4, 0.5) is 4.39 Å². The van der Waals surface area contributed by atoms with Gasteiger partial charge in [-0.3, -0.25) is 9.59 Å². The summed E-state index contributed by atoms with van der Waals surface area (Å²) in [7, 11) is -3.66. The summed E-state index contributed by atoms with van der Waals surface area (Å²) >= 11 is 6.85. The van der Waals surface area contributed by atoms with Gasteiger partial charge in [0, 0.05) is 31.7 Å². The Morgan fingerprint density at radius 1 is 1.06 bits per heavy atom. The lowest BCUT2D eigenvalue weighted by Gasteiger charge is -2.36. The topological polar surface area (TPSA) is 86.8 Å². The Bertz CT molecular complexity index is 1050. The number of hydrogen-bond acceptors (Lipinski definition) is 5. The standard InChI is InChI=1S/C20H23ClFN3O4S2/c1-13(2)18(23-19(26)14-3-5-15(22)6-4-14)20(27)24-9-11-25(12-10-24)31(28,29)17-8-7-16(21)30-17/h3-8,13,18H,9-12H2,1-2H3,(H,23,26)/t18-/m0/s1. The van der Waals surface area contributed by atoms with Crippen LogP contribution in [0, 0.1) is 11.7 Å². The second-order valence-electron chi connectivity index (χ2n) is 7.49. The minimum Gasteiger partial charge on any atom is -0.340 e. The molecule has 0 saturated carbocycles. The minimum absolute atomic E-state index is 0.153. The first-order valence-electron chi connectivity index (χ1n) is 9.70. The molecule has 11 heteroatoms. The number of carbonyl (C=O) groups is 2. The maximum atomic E-state index is 13.1. The van der Waals surface area contributed by atoms with Crippen molar-refractivity contribution in [2.45, 2.75) is 24.1 Å². The lowest BCUT2D eigenvalue weighted by Crippen LogP contribution is -2.57. The maximum absolute atomic E-state index is 13.1. The van der Waals surface area contributed by atoms with Crippen LogP contribution in [0.5, 0.6) is 0 Å². The van der Waals surface area contributed by atoms with E-state index in [1.807, 2.05) is 13.8 Å². The molecule has 0 spiro atoms. The molecular formula is C20H23ClFN3O4S2. The Balaban J connectivity index is 1.64. The Hall–Kier alpha value is -2.01. The van der Waals surface area contributed by atoms with Crippen LogP contribution in [-0.2, 0) is 14.8 Å². The third-order valence-corrected chi connectivity index (χ3v) is 8.62. The van der Waals surface area contributed by atoms with Crippen molar-refractivity contribution in [2.24, 2.45) is 5.92 Å². The number of piperazine rings is 1. The summed E-state index contributed by atoms with van der Waals surface area (Å²) in [6, 6.07) is 7.30. The summed E-state index contributed by atoms with van der Waals surface area (Å²) in [4.78, 5) is 27.1. The monoisotopic (exact) mass is 487 g/mol. The molecule has 168 valence electrons. The first-order chi connectivity index (χ1) is 14.6. The molecule has 1 N–H and O–H groups in total. The van der Waals surface area contributed by atoms with E-state index in [4.69, 9.17) is 11.6 Å². The molecule has 1 atom stereocenters. The summed E-state index contributed by atoms with van der Waals surface area (Å²) in [6.45, 7) is 4.36. The molecule has 2 aromatic rings. The van der Waals surface area contributed by atoms with Gasteiger partial charge in [0.1, 0.15) is 16.1 Å². The molecule has 3 rings (SSSR count). The number of amides is 2. The molecule has 0 radical (unpaired) electrons. The average Bonchev–Trinajstić information content (AvgIpc) is 3.19. The van der Waals surface area contributed by atoms with E-state index < -0.39 is 27.8 Å². The number of sulfonamides is 1. The zero-order valence-electron chi connectivity index (χ0n) is 17.0. The van der Waals surface area contributed by atoms with Crippen LogP contribution in [0.2, 0.25) is 4.34 Å². The fourth-order valence-electron chi connectivity index (χ4n) is 3.25. The van der Waals surface area contributed by atoms with Gasteiger partial charge in [-0.25, -0.2) is 12.8 Å². The number of halogens is 2. The highest BCUT2D eigenvalue weighted by Gasteiger charge is 2.34. The zero-order chi connectivity index (χ0) is 22.8. The third kappa shape index (κ3) is 5.43. The summed E-state index contributed by atoms with van der Waals surface area (Å²) < 4.78 is 40.5. The Labute approximate surface area is 189 Å². The van der Waals surface area contributed by atoms with Gasteiger partial charge in [-0.15, -0.1) is 11.3 Å². The fourth-order valence-corrected chi connectivity index (χ4v) is 6.31. The number of thiophene rings is 1. The van der Waals surface area contributed by atoms with Crippen LogP contribution >= 0.6 is 22.9 Å². The molecule has 31 heavy (non-hydrogen) atoms. The average molecular weight is 488 g/mol. The number of carbonyl (C=O) groups excluding carboxylic acids is 2. The summed E-state index contributed by atoms with van der Waals surface area (Å²) in [6.07, 6.45) is 0. The van der Waals surface area contributed by atoms with Crippen molar-refractivity contribution in [3.8, 4) is 0 Å². The molecular weight excluding hydrogens is 465 g/mol. The van der Waals surface area contributed by atoms with Gasteiger partial charge in [0.15, 0.2) is 0 Å². The quantitative estimate of drug-likeness (QED) is 0.678. The number of nitrogens with zero attached hydrogens (tertiary/aromatic N) is 2. The van der Waals surface area contributed by atoms with Crippen LogP contribution in [0.1, 0.15) is 24.2 Å². The summed E-state index contributed by atoms with van der Waals surface area (Å²) in [5.74, 6) is -1.39. The van der Waals surface area contributed by atoms with Gasteiger partial charge in [0.2, 0.25) is 5.91 Å². The lowest BCUT2D eigenvalue weighted by molar-refractivity contribution is -0.135. The van der Waals surface area contributed by atoms with E-state index in [9.17, 15) is 22.4 Å². The molecule has 1 aliphatic rings. The normalized spacial score (nSPS) is 16.4. The molecule has 1 saturated heterocycles. The smallest absolute Gasteiger partial charge is 0.252 e. The van der Waals surface area contributed by atoms with Crippen molar-refractivity contribution in [1.29, 1.82) is 0 Å². The van der Waals surface area contributed by atoms with Crippen molar-refractivity contribution in [3.05, 3.63) is 52.1 Å². The van der Waals surface area contributed by atoms with Crippen molar-refractivity contribution in [2.75, 3.05) is 26.2 Å². The molecule has 7 nitrogen and oxygen atoms in total. The molecule has 2 amide bonds. The molecule has 0 bridgehead atoms. The van der Waals surface area contributed by atoms with Crippen molar-refractivity contribution in [3.63, 3.8) is 0 Å². The maximum Gasteiger partial charge on any atom is 0.252 e. The van der Waals surface area contributed by atoms with E-state index in [1.165, 1.54) is 40.7 Å². The predicted molar refractivity (Wildman–Crippen MR) is 117 cm³/mol. The van der Waals surface area contributed by atoms with Gasteiger partial charge in [-0.2, -0.15) is 4.31 Å². The van der Waals surface area contributed by atoms with E-state index in [2.05, 4.69) is 5.32 Å². The number of rotatable bonds is 6. The second-order valence-corrected chi connectivity index (χ2v) is 11.4. The second kappa shape index (κ2) is 9.64. The van der Waals surface area contributed by atoms with Crippen molar-refractivity contribution >= 4 is 44.8 Å². The van der Waals surface area contributed by atoms with Gasteiger partial charge in [-0.05, 0) is 42.3 Å². The first kappa shape index (κ1) is 23.6. The van der Waals surface area contributed by atoms with Crippen LogP contribution < -0.4 is 5.32 Å². The predicted octanol–water partition coefficient (Wildman–Crippen LogP) is 2.83. The Morgan fingerprint density at radius 2 is 1.68 bits per heavy atom. The van der Waals surface area contributed by atoms with Crippen LogP contribution in [0.15, 0.2) is 40.6 Å². The molecule has 0 unspecified atom stereocenters. The first-order valence-corrected chi connectivity index (χ1v) is 12.3. The van der Waals surface area contributed by atoms with E-state index in [0.717, 1.165) is 11.3 Å². The summed E-state index contributed by atoms with van der Waals surface area (Å²) in [5.41, 5.74) is 0.255. The van der Waals surface area contributed by atoms with Crippen LogP contribution in [-0.4, -0.2) is 61.7 Å². The van der Waals surface area contributed by atoms with E-state index in [0.29, 0.717) is 4.34 Å². The highest BCUT2D eigenvalue weighted by molar-refractivity contribution is 7.91. The number of hydrogen-bond donors (Lipinski definition) is 1. The van der Waals surface area contributed by atoms with Crippen molar-refractivity contribution in [1.82, 2.24) is 14.5 Å². The Morgan fingerprint density at radius 3 is 2.19 bits per heavy atom. The van der Waals surface area contributed by atoms with Gasteiger partial charge in [0.05, 0.1) is 4.34 Å². The van der Waals surface area contributed by atoms with E-state index >= 15 is 0 Å². The molecule has 1 aliphatic heterocycles. The lowest BCUT2D eigenvalue weighted by atomic mass is 10.0. The van der Waals surface area contributed by atoms with Gasteiger partial charge < -0.3 is 10.2 Å². The minimum atomic E-state index is -3.66. The van der Waals surface area contributed by atoms with Gasteiger partial charge in [0.25, 0.3) is 15.9 Å². The van der Waals surface area contributed by atoms with E-state index in [-0.39, 0.29) is 47.8 Å². The third-order valence-electron chi connectivity index (χ3n) is 5.02. The van der Waals surface area contributed by atoms with Gasteiger partial charge in [-0.1, -0.05) is 25.4 Å². The van der Waals surface area contributed by atoms with E-state index in [1.54, 1.807) is 4.90 Å². The molecule has 2 heterocycles. The molecule has 1 fully saturated rings. The molecule has 1 aromatic carbocycles. The molecule has 1 aromatic heterocycles. The SMILES string of the molecule is CC(C)[C@H](NC(=O)c1ccc(F)cc1)C(=O)N1CCN(S(=O)(=O)c2ccc(Cl)s2)CC1.